The topological polar surface area (TPSA) is 67.4 Å². The molecule has 0 radical (unpaired) electrons. The maximum atomic E-state index is 13.4. The molecule has 0 aromatic heterocycles. The van der Waals surface area contributed by atoms with Crippen molar-refractivity contribution in [3.8, 4) is 5.75 Å². The molecule has 3 rings (SSSR count). The Kier molecular flexibility index (Phi) is 4.71. The predicted molar refractivity (Wildman–Crippen MR) is 90.9 cm³/mol. The molecule has 1 aliphatic heterocycles. The van der Waals surface area contributed by atoms with Gasteiger partial charge in [0.05, 0.1) is 10.9 Å². The van der Waals surface area contributed by atoms with Gasteiger partial charge in [-0.3, -0.25) is 9.59 Å². The van der Waals surface area contributed by atoms with E-state index in [2.05, 4.69) is 10.6 Å². The number of benzene rings is 2. The Morgan fingerprint density at radius 1 is 1.33 bits per heavy atom. The summed E-state index contributed by atoms with van der Waals surface area (Å²) in [6, 6.07) is 11.2. The summed E-state index contributed by atoms with van der Waals surface area (Å²) in [5.74, 6) is -0.982. The summed E-state index contributed by atoms with van der Waals surface area (Å²) in [4.78, 5) is 24.6. The SMILES string of the molecule is CC1Sc2ccc(NC(=O)COc3ccccc3F)cc2NC1=O. The third-order valence-electron chi connectivity index (χ3n) is 3.39. The highest BCUT2D eigenvalue weighted by molar-refractivity contribution is 8.00. The van der Waals surface area contributed by atoms with E-state index in [4.69, 9.17) is 4.74 Å². The van der Waals surface area contributed by atoms with Crippen molar-refractivity contribution in [1.82, 2.24) is 0 Å². The quantitative estimate of drug-likeness (QED) is 0.892. The molecule has 2 aromatic carbocycles. The van der Waals surface area contributed by atoms with E-state index in [0.717, 1.165) is 4.90 Å². The normalized spacial score (nSPS) is 16.1. The highest BCUT2D eigenvalue weighted by Crippen LogP contribution is 2.36. The molecule has 1 heterocycles. The van der Waals surface area contributed by atoms with Gasteiger partial charge in [-0.2, -0.15) is 0 Å². The number of nitrogens with one attached hydrogen (secondary N) is 2. The van der Waals surface area contributed by atoms with E-state index < -0.39 is 11.7 Å². The summed E-state index contributed by atoms with van der Waals surface area (Å²) in [6.45, 7) is 1.52. The van der Waals surface area contributed by atoms with Crippen LogP contribution in [0.3, 0.4) is 0 Å². The van der Waals surface area contributed by atoms with Gasteiger partial charge in [0, 0.05) is 10.6 Å². The number of rotatable bonds is 4. The molecule has 124 valence electrons. The van der Waals surface area contributed by atoms with Gasteiger partial charge in [-0.1, -0.05) is 12.1 Å². The fourth-order valence-electron chi connectivity index (χ4n) is 2.19. The summed E-state index contributed by atoms with van der Waals surface area (Å²) in [7, 11) is 0. The van der Waals surface area contributed by atoms with Crippen molar-refractivity contribution >= 4 is 35.0 Å². The molecule has 0 spiro atoms. The zero-order valence-corrected chi connectivity index (χ0v) is 13.7. The maximum absolute atomic E-state index is 13.4. The largest absolute Gasteiger partial charge is 0.481 e. The van der Waals surface area contributed by atoms with Gasteiger partial charge in [0.2, 0.25) is 5.91 Å². The van der Waals surface area contributed by atoms with Gasteiger partial charge in [-0.05, 0) is 37.3 Å². The Morgan fingerprint density at radius 2 is 2.12 bits per heavy atom. The van der Waals surface area contributed by atoms with Crippen molar-refractivity contribution in [2.45, 2.75) is 17.1 Å². The Hall–Kier alpha value is -2.54. The van der Waals surface area contributed by atoms with Crippen LogP contribution in [0, 0.1) is 5.82 Å². The lowest BCUT2D eigenvalue weighted by atomic mass is 10.2. The van der Waals surface area contributed by atoms with Crippen molar-refractivity contribution in [1.29, 1.82) is 0 Å². The zero-order chi connectivity index (χ0) is 17.1. The summed E-state index contributed by atoms with van der Waals surface area (Å²) in [5, 5.41) is 5.31. The molecule has 1 aliphatic rings. The second-order valence-electron chi connectivity index (χ2n) is 5.23. The van der Waals surface area contributed by atoms with Crippen molar-refractivity contribution in [2.75, 3.05) is 17.2 Å². The number of carbonyl (C=O) groups excluding carboxylic acids is 2. The van der Waals surface area contributed by atoms with Gasteiger partial charge in [-0.15, -0.1) is 11.8 Å². The highest BCUT2D eigenvalue weighted by atomic mass is 32.2. The number of ether oxygens (including phenoxy) is 1. The molecule has 0 saturated carbocycles. The first-order valence-electron chi connectivity index (χ1n) is 7.31. The first-order chi connectivity index (χ1) is 11.5. The van der Waals surface area contributed by atoms with Crippen molar-refractivity contribution in [3.05, 3.63) is 48.3 Å². The van der Waals surface area contributed by atoms with Crippen molar-refractivity contribution in [3.63, 3.8) is 0 Å². The van der Waals surface area contributed by atoms with Crippen molar-refractivity contribution < 1.29 is 18.7 Å². The average Bonchev–Trinajstić information content (AvgIpc) is 2.55. The molecule has 2 amide bonds. The summed E-state index contributed by atoms with van der Waals surface area (Å²) in [6.07, 6.45) is 0. The Labute approximate surface area is 142 Å². The summed E-state index contributed by atoms with van der Waals surface area (Å²) in [5.41, 5.74) is 1.20. The molecule has 1 atom stereocenters. The van der Waals surface area contributed by atoms with Gasteiger partial charge in [0.15, 0.2) is 18.2 Å². The fraction of sp³-hybridized carbons (Fsp3) is 0.176. The molecule has 5 nitrogen and oxygen atoms in total. The van der Waals surface area contributed by atoms with Crippen LogP contribution in [0.25, 0.3) is 0 Å². The number of hydrogen-bond donors (Lipinski definition) is 2. The van der Waals surface area contributed by atoms with E-state index >= 15 is 0 Å². The van der Waals surface area contributed by atoms with Crippen LogP contribution >= 0.6 is 11.8 Å². The molecule has 0 fully saturated rings. The third kappa shape index (κ3) is 3.68. The maximum Gasteiger partial charge on any atom is 0.262 e. The third-order valence-corrected chi connectivity index (χ3v) is 4.57. The number of halogens is 1. The molecule has 7 heteroatoms. The minimum atomic E-state index is -0.520. The highest BCUT2D eigenvalue weighted by Gasteiger charge is 2.23. The number of carbonyl (C=O) groups is 2. The van der Waals surface area contributed by atoms with Gasteiger partial charge in [0.25, 0.3) is 5.91 Å². The van der Waals surface area contributed by atoms with Crippen LogP contribution in [-0.2, 0) is 9.59 Å². The Morgan fingerprint density at radius 3 is 2.92 bits per heavy atom. The van der Waals surface area contributed by atoms with Crippen LogP contribution in [0.15, 0.2) is 47.4 Å². The predicted octanol–water partition coefficient (Wildman–Crippen LogP) is 3.28. The van der Waals surface area contributed by atoms with E-state index in [1.165, 1.54) is 23.9 Å². The molecular formula is C17H15FN2O3S. The molecule has 0 saturated heterocycles. The standard InChI is InChI=1S/C17H15FN2O3S/c1-10-17(22)20-13-8-11(6-7-15(13)24-10)19-16(21)9-23-14-5-3-2-4-12(14)18/h2-8,10H,9H2,1H3,(H,19,21)(H,20,22). The van der Waals surface area contributed by atoms with E-state index in [1.807, 2.05) is 13.0 Å². The minimum Gasteiger partial charge on any atom is -0.481 e. The van der Waals surface area contributed by atoms with Crippen LogP contribution in [0.2, 0.25) is 0 Å². The first kappa shape index (κ1) is 16.3. The molecule has 0 aliphatic carbocycles. The molecule has 2 aromatic rings. The smallest absolute Gasteiger partial charge is 0.262 e. The second kappa shape index (κ2) is 6.92. The van der Waals surface area contributed by atoms with Crippen molar-refractivity contribution in [2.24, 2.45) is 0 Å². The van der Waals surface area contributed by atoms with Gasteiger partial charge in [-0.25, -0.2) is 4.39 Å². The molecule has 1 unspecified atom stereocenters. The monoisotopic (exact) mass is 346 g/mol. The van der Waals surface area contributed by atoms with E-state index in [9.17, 15) is 14.0 Å². The number of para-hydroxylation sites is 1. The summed E-state index contributed by atoms with van der Waals surface area (Å²) < 4.78 is 18.6. The van der Waals surface area contributed by atoms with Crippen LogP contribution < -0.4 is 15.4 Å². The molecule has 0 bridgehead atoms. The van der Waals surface area contributed by atoms with Crippen LogP contribution in [-0.4, -0.2) is 23.7 Å². The number of anilines is 2. The minimum absolute atomic E-state index is 0.0238. The van der Waals surface area contributed by atoms with Crippen LogP contribution in [0.5, 0.6) is 5.75 Å². The molecular weight excluding hydrogens is 331 g/mol. The van der Waals surface area contributed by atoms with Crippen LogP contribution in [0.4, 0.5) is 15.8 Å². The summed E-state index contributed by atoms with van der Waals surface area (Å²) >= 11 is 1.47. The lowest BCUT2D eigenvalue weighted by Crippen LogP contribution is -2.26. The first-order valence-corrected chi connectivity index (χ1v) is 8.19. The fourth-order valence-corrected chi connectivity index (χ4v) is 3.12. The zero-order valence-electron chi connectivity index (χ0n) is 12.8. The number of fused-ring (bicyclic) bond motifs is 1. The molecule has 24 heavy (non-hydrogen) atoms. The van der Waals surface area contributed by atoms with E-state index in [0.29, 0.717) is 11.4 Å². The van der Waals surface area contributed by atoms with E-state index in [1.54, 1.807) is 24.3 Å². The average molecular weight is 346 g/mol. The van der Waals surface area contributed by atoms with Crippen LogP contribution in [0.1, 0.15) is 6.92 Å². The lowest BCUT2D eigenvalue weighted by molar-refractivity contribution is -0.118. The van der Waals surface area contributed by atoms with Gasteiger partial charge < -0.3 is 15.4 Å². The number of hydrogen-bond acceptors (Lipinski definition) is 4. The number of amides is 2. The van der Waals surface area contributed by atoms with Gasteiger partial charge >= 0.3 is 0 Å². The Balaban J connectivity index is 1.62. The Bertz CT molecular complexity index is 797. The van der Waals surface area contributed by atoms with Gasteiger partial charge in [0.1, 0.15) is 0 Å². The van der Waals surface area contributed by atoms with E-state index in [-0.39, 0.29) is 23.5 Å². The molecule has 2 N–H and O–H groups in total. The lowest BCUT2D eigenvalue weighted by Gasteiger charge is -2.22. The number of thioether (sulfide) groups is 1. The second-order valence-corrected chi connectivity index (χ2v) is 6.61.